The summed E-state index contributed by atoms with van der Waals surface area (Å²) in [4.78, 5) is 35.7. The standard InChI is InChI=1S/C30H27F2IN4O5/c1-16(17-5-3-2-4-6-17)27(28-34-13-24(35-28)25-22(31)11-19(33)12-23(25)32)37-29(40)26(36-30(37)41)18-7-9-20(10-8-18)42-21(14-38)15-39/h2-13,16,21,26-27,38-39H,14-15H2,1H3,(H,34,35)(H,36,41)/t16-,26+,27?/m0/s1. The van der Waals surface area contributed by atoms with E-state index in [-0.39, 0.29) is 30.3 Å². The minimum Gasteiger partial charge on any atom is -0.486 e. The number of aromatic nitrogens is 2. The molecule has 0 radical (unpaired) electrons. The van der Waals surface area contributed by atoms with E-state index >= 15 is 0 Å². The Morgan fingerprint density at radius 1 is 1.02 bits per heavy atom. The number of rotatable bonds is 10. The minimum atomic E-state index is -1.01. The number of urea groups is 1. The maximum atomic E-state index is 14.8. The van der Waals surface area contributed by atoms with E-state index in [0.29, 0.717) is 14.9 Å². The second-order valence-electron chi connectivity index (χ2n) is 9.84. The van der Waals surface area contributed by atoms with Crippen molar-refractivity contribution < 1.29 is 33.3 Å². The third-order valence-electron chi connectivity index (χ3n) is 7.12. The van der Waals surface area contributed by atoms with Crippen LogP contribution in [0.4, 0.5) is 13.6 Å². The van der Waals surface area contributed by atoms with E-state index < -0.39 is 47.7 Å². The topological polar surface area (TPSA) is 128 Å². The summed E-state index contributed by atoms with van der Waals surface area (Å²) in [6, 6.07) is 15.4. The summed E-state index contributed by atoms with van der Waals surface area (Å²) >= 11 is 1.82. The highest BCUT2D eigenvalue weighted by atomic mass is 127. The number of aromatic amines is 1. The Morgan fingerprint density at radius 3 is 2.29 bits per heavy atom. The van der Waals surface area contributed by atoms with Crippen LogP contribution in [0.2, 0.25) is 0 Å². The van der Waals surface area contributed by atoms with E-state index in [0.717, 1.165) is 10.5 Å². The van der Waals surface area contributed by atoms with Crippen molar-refractivity contribution in [1.82, 2.24) is 20.2 Å². The molecule has 5 rings (SSSR count). The SMILES string of the molecule is C[C@@H](c1ccccc1)C(c1ncc(-c2c(F)cc(I)cc2F)[nH]1)N1C(=O)N[C@H](c2ccc(OC(CO)CO)cc2)C1=O. The van der Waals surface area contributed by atoms with Gasteiger partial charge in [0.25, 0.3) is 5.91 Å². The second-order valence-corrected chi connectivity index (χ2v) is 11.1. The molecule has 1 aliphatic heterocycles. The molecule has 3 atom stereocenters. The zero-order chi connectivity index (χ0) is 30.0. The fraction of sp³-hybridized carbons (Fsp3) is 0.233. The first-order valence-electron chi connectivity index (χ1n) is 13.1. The van der Waals surface area contributed by atoms with Crippen molar-refractivity contribution in [3.8, 4) is 17.0 Å². The highest BCUT2D eigenvalue weighted by Crippen LogP contribution is 2.39. The first kappa shape index (κ1) is 29.6. The van der Waals surface area contributed by atoms with Gasteiger partial charge in [0.2, 0.25) is 0 Å². The third kappa shape index (κ3) is 5.87. The number of hydrogen-bond donors (Lipinski definition) is 4. The maximum absolute atomic E-state index is 14.8. The summed E-state index contributed by atoms with van der Waals surface area (Å²) in [6.07, 6.45) is 0.494. The highest BCUT2D eigenvalue weighted by molar-refractivity contribution is 14.1. The molecule has 1 aliphatic rings. The van der Waals surface area contributed by atoms with Crippen molar-refractivity contribution in [2.24, 2.45) is 0 Å². The molecule has 3 amide bonds. The molecule has 1 saturated heterocycles. The van der Waals surface area contributed by atoms with Crippen molar-refractivity contribution in [3.05, 3.63) is 105 Å². The molecule has 9 nitrogen and oxygen atoms in total. The number of imide groups is 1. The van der Waals surface area contributed by atoms with Gasteiger partial charge >= 0.3 is 6.03 Å². The lowest BCUT2D eigenvalue weighted by Gasteiger charge is -2.29. The largest absolute Gasteiger partial charge is 0.486 e. The molecule has 2 heterocycles. The van der Waals surface area contributed by atoms with Crippen LogP contribution in [0.3, 0.4) is 0 Å². The van der Waals surface area contributed by atoms with Gasteiger partial charge in [-0.15, -0.1) is 0 Å². The molecule has 4 N–H and O–H groups in total. The van der Waals surface area contributed by atoms with Crippen molar-refractivity contribution in [1.29, 1.82) is 0 Å². The molecular weight excluding hydrogens is 661 g/mol. The number of H-pyrrole nitrogens is 1. The number of nitrogens with one attached hydrogen (secondary N) is 2. The number of ether oxygens (including phenoxy) is 1. The van der Waals surface area contributed by atoms with Gasteiger partial charge in [-0.1, -0.05) is 49.4 Å². The van der Waals surface area contributed by atoms with Gasteiger partial charge in [0, 0.05) is 9.49 Å². The van der Waals surface area contributed by atoms with Crippen LogP contribution in [0.15, 0.2) is 72.9 Å². The van der Waals surface area contributed by atoms with Gasteiger partial charge < -0.3 is 25.3 Å². The van der Waals surface area contributed by atoms with Gasteiger partial charge in [0.15, 0.2) is 0 Å². The number of carbonyl (C=O) groups excluding carboxylic acids is 2. The Bertz CT molecular complexity index is 1560. The van der Waals surface area contributed by atoms with Crippen LogP contribution in [0, 0.1) is 15.2 Å². The van der Waals surface area contributed by atoms with Crippen molar-refractivity contribution in [3.63, 3.8) is 0 Å². The summed E-state index contributed by atoms with van der Waals surface area (Å²) in [6.45, 7) is 1.10. The van der Waals surface area contributed by atoms with Crippen LogP contribution < -0.4 is 10.1 Å². The van der Waals surface area contributed by atoms with Crippen LogP contribution in [0.25, 0.3) is 11.3 Å². The average Bonchev–Trinajstić information content (AvgIpc) is 3.57. The lowest BCUT2D eigenvalue weighted by Crippen LogP contribution is -2.38. The molecule has 1 aromatic heterocycles. The van der Waals surface area contributed by atoms with E-state index in [4.69, 9.17) is 4.74 Å². The summed E-state index contributed by atoms with van der Waals surface area (Å²) < 4.78 is 35.4. The maximum Gasteiger partial charge on any atom is 0.325 e. The summed E-state index contributed by atoms with van der Waals surface area (Å²) in [5, 5.41) is 21.2. The van der Waals surface area contributed by atoms with Crippen molar-refractivity contribution in [2.75, 3.05) is 13.2 Å². The molecule has 4 aromatic rings. The zero-order valence-corrected chi connectivity index (χ0v) is 24.5. The average molecular weight is 688 g/mol. The van der Waals surface area contributed by atoms with Crippen molar-refractivity contribution in [2.45, 2.75) is 31.0 Å². The molecule has 42 heavy (non-hydrogen) atoms. The molecule has 218 valence electrons. The Kier molecular flexibility index (Phi) is 8.85. The first-order chi connectivity index (χ1) is 20.2. The molecule has 0 bridgehead atoms. The molecule has 1 unspecified atom stereocenters. The van der Waals surface area contributed by atoms with E-state index in [9.17, 15) is 28.6 Å². The van der Waals surface area contributed by atoms with Gasteiger partial charge in [-0.25, -0.2) is 18.6 Å². The number of nitrogens with zero attached hydrogens (tertiary/aromatic N) is 2. The Morgan fingerprint density at radius 2 is 1.67 bits per heavy atom. The van der Waals surface area contributed by atoms with E-state index in [1.54, 1.807) is 24.3 Å². The molecule has 0 spiro atoms. The van der Waals surface area contributed by atoms with E-state index in [1.807, 2.05) is 59.8 Å². The Labute approximate surface area is 253 Å². The van der Waals surface area contributed by atoms with Crippen LogP contribution >= 0.6 is 22.6 Å². The fourth-order valence-corrected chi connectivity index (χ4v) is 5.53. The van der Waals surface area contributed by atoms with Gasteiger partial charge in [0.1, 0.15) is 41.4 Å². The lowest BCUT2D eigenvalue weighted by atomic mass is 9.91. The van der Waals surface area contributed by atoms with Crippen LogP contribution in [-0.4, -0.2) is 56.3 Å². The number of aliphatic hydroxyl groups excluding tert-OH is 2. The molecule has 0 aliphatic carbocycles. The van der Waals surface area contributed by atoms with Crippen LogP contribution in [0.1, 0.15) is 41.9 Å². The lowest BCUT2D eigenvalue weighted by molar-refractivity contribution is -0.129. The summed E-state index contributed by atoms with van der Waals surface area (Å²) in [5.41, 5.74) is 1.09. The predicted molar refractivity (Wildman–Crippen MR) is 157 cm³/mol. The normalized spacial score (nSPS) is 16.5. The Balaban J connectivity index is 1.49. The summed E-state index contributed by atoms with van der Waals surface area (Å²) in [7, 11) is 0. The number of imidazole rings is 1. The van der Waals surface area contributed by atoms with E-state index in [2.05, 4.69) is 15.3 Å². The highest BCUT2D eigenvalue weighted by Gasteiger charge is 2.46. The van der Waals surface area contributed by atoms with E-state index in [1.165, 1.54) is 18.3 Å². The van der Waals surface area contributed by atoms with Crippen LogP contribution in [-0.2, 0) is 4.79 Å². The zero-order valence-electron chi connectivity index (χ0n) is 22.3. The number of benzene rings is 3. The Hall–Kier alpha value is -3.88. The smallest absolute Gasteiger partial charge is 0.325 e. The quantitative estimate of drug-likeness (QED) is 0.140. The molecule has 1 fully saturated rings. The second kappa shape index (κ2) is 12.5. The molecular formula is C30H27F2IN4O5. The summed E-state index contributed by atoms with van der Waals surface area (Å²) in [5.74, 6) is -1.97. The van der Waals surface area contributed by atoms with Gasteiger partial charge in [-0.05, 0) is 58.0 Å². The fourth-order valence-electron chi connectivity index (χ4n) is 4.98. The van der Waals surface area contributed by atoms with Gasteiger partial charge in [-0.3, -0.25) is 9.69 Å². The monoisotopic (exact) mass is 688 g/mol. The third-order valence-corrected chi connectivity index (χ3v) is 7.75. The number of halogens is 3. The molecule has 12 heteroatoms. The predicted octanol–water partition coefficient (Wildman–Crippen LogP) is 4.83. The van der Waals surface area contributed by atoms with Crippen LogP contribution in [0.5, 0.6) is 5.75 Å². The molecule has 0 saturated carbocycles. The van der Waals surface area contributed by atoms with Gasteiger partial charge in [-0.2, -0.15) is 0 Å². The number of hydrogen-bond acceptors (Lipinski definition) is 6. The number of amides is 3. The number of aliphatic hydroxyl groups is 2. The molecule has 3 aromatic carbocycles. The minimum absolute atomic E-state index is 0.0740. The van der Waals surface area contributed by atoms with Crippen molar-refractivity contribution >= 4 is 34.5 Å². The number of carbonyl (C=O) groups is 2. The first-order valence-corrected chi connectivity index (χ1v) is 14.2. The van der Waals surface area contributed by atoms with Gasteiger partial charge in [0.05, 0.1) is 30.7 Å².